The van der Waals surface area contributed by atoms with E-state index < -0.39 is 0 Å². The van der Waals surface area contributed by atoms with Crippen LogP contribution in [0, 0.1) is 0 Å². The molecule has 1 aliphatic rings. The third-order valence-electron chi connectivity index (χ3n) is 4.41. The quantitative estimate of drug-likeness (QED) is 0.652. The molecule has 0 atom stereocenters. The summed E-state index contributed by atoms with van der Waals surface area (Å²) >= 11 is 0. The molecule has 4 heteroatoms. The number of nitrogens with zero attached hydrogens (tertiary/aromatic N) is 2. The molecule has 0 aliphatic heterocycles. The lowest BCUT2D eigenvalue weighted by atomic mass is 10.1. The highest BCUT2D eigenvalue weighted by molar-refractivity contribution is 5.95. The minimum atomic E-state index is 0.0443. The summed E-state index contributed by atoms with van der Waals surface area (Å²) in [6.07, 6.45) is 5.66. The molecular weight excluding hydrogens is 324 g/mol. The summed E-state index contributed by atoms with van der Waals surface area (Å²) in [5.74, 6) is 1.47. The summed E-state index contributed by atoms with van der Waals surface area (Å²) in [4.78, 5) is 19.1. The van der Waals surface area contributed by atoms with Crippen molar-refractivity contribution in [3.05, 3.63) is 90.3 Å². The van der Waals surface area contributed by atoms with Gasteiger partial charge < -0.3 is 9.64 Å². The number of amides is 1. The third-order valence-corrected chi connectivity index (χ3v) is 4.41. The Labute approximate surface area is 153 Å². The SMILES string of the molecule is O=C(c1cccc(Oc2ccccc2)c1)N(Cc1ccncc1)C1CC1. The molecule has 0 radical (unpaired) electrons. The second kappa shape index (κ2) is 7.40. The largest absolute Gasteiger partial charge is 0.457 e. The van der Waals surface area contributed by atoms with Crippen LogP contribution < -0.4 is 4.74 Å². The molecule has 0 bridgehead atoms. The Morgan fingerprint density at radius 2 is 1.69 bits per heavy atom. The van der Waals surface area contributed by atoms with E-state index in [9.17, 15) is 4.79 Å². The molecule has 1 saturated carbocycles. The van der Waals surface area contributed by atoms with E-state index in [1.165, 1.54) is 0 Å². The summed E-state index contributed by atoms with van der Waals surface area (Å²) < 4.78 is 5.86. The van der Waals surface area contributed by atoms with Crippen molar-refractivity contribution in [1.82, 2.24) is 9.88 Å². The number of carbonyl (C=O) groups is 1. The molecular formula is C22H20N2O2. The maximum absolute atomic E-state index is 13.1. The normalized spacial score (nSPS) is 13.2. The lowest BCUT2D eigenvalue weighted by molar-refractivity contribution is 0.0729. The lowest BCUT2D eigenvalue weighted by Gasteiger charge is -2.23. The van der Waals surface area contributed by atoms with E-state index in [1.807, 2.05) is 71.6 Å². The van der Waals surface area contributed by atoms with Crippen molar-refractivity contribution in [3.8, 4) is 11.5 Å². The van der Waals surface area contributed by atoms with Gasteiger partial charge in [-0.2, -0.15) is 0 Å². The molecule has 1 fully saturated rings. The van der Waals surface area contributed by atoms with E-state index in [-0.39, 0.29) is 5.91 Å². The number of hydrogen-bond donors (Lipinski definition) is 0. The fourth-order valence-electron chi connectivity index (χ4n) is 2.92. The number of para-hydroxylation sites is 1. The smallest absolute Gasteiger partial charge is 0.254 e. The third kappa shape index (κ3) is 3.91. The Morgan fingerprint density at radius 1 is 0.962 bits per heavy atom. The highest BCUT2D eigenvalue weighted by Gasteiger charge is 2.33. The molecule has 0 unspecified atom stereocenters. The maximum Gasteiger partial charge on any atom is 0.254 e. The Balaban J connectivity index is 1.53. The van der Waals surface area contributed by atoms with Crippen LogP contribution in [0.25, 0.3) is 0 Å². The van der Waals surface area contributed by atoms with Gasteiger partial charge in [0.1, 0.15) is 11.5 Å². The molecule has 26 heavy (non-hydrogen) atoms. The van der Waals surface area contributed by atoms with Crippen LogP contribution in [0.3, 0.4) is 0 Å². The molecule has 1 aliphatic carbocycles. The molecule has 0 N–H and O–H groups in total. The summed E-state index contributed by atoms with van der Waals surface area (Å²) in [5, 5.41) is 0. The van der Waals surface area contributed by atoms with Crippen LogP contribution in [0.15, 0.2) is 79.1 Å². The number of rotatable bonds is 6. The molecule has 130 valence electrons. The first-order valence-electron chi connectivity index (χ1n) is 8.82. The minimum Gasteiger partial charge on any atom is -0.457 e. The molecule has 0 saturated heterocycles. The topological polar surface area (TPSA) is 42.4 Å². The highest BCUT2D eigenvalue weighted by atomic mass is 16.5. The maximum atomic E-state index is 13.1. The zero-order valence-corrected chi connectivity index (χ0v) is 14.4. The van der Waals surface area contributed by atoms with Crippen molar-refractivity contribution in [3.63, 3.8) is 0 Å². The van der Waals surface area contributed by atoms with Gasteiger partial charge in [-0.15, -0.1) is 0 Å². The van der Waals surface area contributed by atoms with Gasteiger partial charge in [-0.05, 0) is 60.9 Å². The Morgan fingerprint density at radius 3 is 2.42 bits per heavy atom. The van der Waals surface area contributed by atoms with Crippen LogP contribution in [0.5, 0.6) is 11.5 Å². The minimum absolute atomic E-state index is 0.0443. The van der Waals surface area contributed by atoms with Crippen LogP contribution in [0.4, 0.5) is 0 Å². The molecule has 3 aromatic rings. The molecule has 4 nitrogen and oxygen atoms in total. The van der Waals surface area contributed by atoms with Gasteiger partial charge in [0.2, 0.25) is 0 Å². The summed E-state index contributed by atoms with van der Waals surface area (Å²) in [7, 11) is 0. The van der Waals surface area contributed by atoms with E-state index in [1.54, 1.807) is 12.4 Å². The molecule has 1 amide bonds. The van der Waals surface area contributed by atoms with Crippen LogP contribution in [0.2, 0.25) is 0 Å². The van der Waals surface area contributed by atoms with E-state index in [0.29, 0.717) is 23.9 Å². The van der Waals surface area contributed by atoms with Crippen LogP contribution in [-0.4, -0.2) is 21.8 Å². The molecule has 2 aromatic carbocycles. The second-order valence-electron chi connectivity index (χ2n) is 6.46. The van der Waals surface area contributed by atoms with Crippen LogP contribution in [0.1, 0.15) is 28.8 Å². The fourth-order valence-corrected chi connectivity index (χ4v) is 2.92. The van der Waals surface area contributed by atoms with Crippen molar-refractivity contribution in [2.24, 2.45) is 0 Å². The van der Waals surface area contributed by atoms with Gasteiger partial charge >= 0.3 is 0 Å². The average molecular weight is 344 g/mol. The first-order chi connectivity index (χ1) is 12.8. The lowest BCUT2D eigenvalue weighted by Crippen LogP contribution is -2.32. The zero-order valence-electron chi connectivity index (χ0n) is 14.4. The predicted octanol–water partition coefficient (Wildman–Crippen LogP) is 4.68. The summed E-state index contributed by atoms with van der Waals surface area (Å²) in [6, 6.07) is 21.2. The van der Waals surface area contributed by atoms with E-state index in [4.69, 9.17) is 4.74 Å². The van der Waals surface area contributed by atoms with Crippen molar-refractivity contribution < 1.29 is 9.53 Å². The van der Waals surface area contributed by atoms with Gasteiger partial charge in [-0.1, -0.05) is 24.3 Å². The molecule has 1 heterocycles. The van der Waals surface area contributed by atoms with Crippen molar-refractivity contribution in [2.75, 3.05) is 0 Å². The Bertz CT molecular complexity index is 877. The summed E-state index contributed by atoms with van der Waals surface area (Å²) in [5.41, 5.74) is 1.75. The van der Waals surface area contributed by atoms with Crippen LogP contribution in [-0.2, 0) is 6.54 Å². The van der Waals surface area contributed by atoms with Gasteiger partial charge in [0, 0.05) is 30.5 Å². The summed E-state index contributed by atoms with van der Waals surface area (Å²) in [6.45, 7) is 0.607. The van der Waals surface area contributed by atoms with Gasteiger partial charge in [-0.3, -0.25) is 9.78 Å². The number of carbonyl (C=O) groups excluding carboxylic acids is 1. The first-order valence-corrected chi connectivity index (χ1v) is 8.82. The van der Waals surface area contributed by atoms with E-state index in [0.717, 1.165) is 24.2 Å². The Kier molecular flexibility index (Phi) is 4.65. The van der Waals surface area contributed by atoms with Gasteiger partial charge in [0.15, 0.2) is 0 Å². The number of ether oxygens (including phenoxy) is 1. The van der Waals surface area contributed by atoms with Crippen molar-refractivity contribution in [1.29, 1.82) is 0 Å². The van der Waals surface area contributed by atoms with Crippen molar-refractivity contribution in [2.45, 2.75) is 25.4 Å². The van der Waals surface area contributed by atoms with Gasteiger partial charge in [0.25, 0.3) is 5.91 Å². The molecule has 4 rings (SSSR count). The van der Waals surface area contributed by atoms with E-state index in [2.05, 4.69) is 4.98 Å². The van der Waals surface area contributed by atoms with Gasteiger partial charge in [0.05, 0.1) is 0 Å². The number of hydrogen-bond acceptors (Lipinski definition) is 3. The first kappa shape index (κ1) is 16.3. The fraction of sp³-hybridized carbons (Fsp3) is 0.182. The monoisotopic (exact) mass is 344 g/mol. The number of aromatic nitrogens is 1. The van der Waals surface area contributed by atoms with Crippen LogP contribution >= 0.6 is 0 Å². The standard InChI is InChI=1S/C22H20N2O2/c25-22(24(19-9-10-19)16-17-11-13-23-14-12-17)18-5-4-8-21(15-18)26-20-6-2-1-3-7-20/h1-8,11-15,19H,9-10,16H2. The number of benzene rings is 2. The Hall–Kier alpha value is -3.14. The molecule has 0 spiro atoms. The average Bonchev–Trinajstić information content (AvgIpc) is 3.53. The second-order valence-corrected chi connectivity index (χ2v) is 6.46. The highest BCUT2D eigenvalue weighted by Crippen LogP contribution is 2.30. The van der Waals surface area contributed by atoms with E-state index >= 15 is 0 Å². The number of pyridine rings is 1. The van der Waals surface area contributed by atoms with Gasteiger partial charge in [-0.25, -0.2) is 0 Å². The predicted molar refractivity (Wildman–Crippen MR) is 100 cm³/mol. The molecule has 1 aromatic heterocycles. The van der Waals surface area contributed by atoms with Crippen molar-refractivity contribution >= 4 is 5.91 Å². The zero-order chi connectivity index (χ0) is 17.8.